The molecular weight excluding hydrogens is 1030 g/mol. The number of hydrogen-bond acceptors (Lipinski definition) is 21. The molecule has 26 heteroatoms. The molecule has 2 saturated heterocycles. The molecule has 4 heterocycles. The zero-order chi connectivity index (χ0) is 57.1. The SMILES string of the molecule is C.CCCCN.CCCCNc1nc(N)c([N+](=O)[O-])c(N(CCC(=O)OCC)Cc2cccc(CN3CCCC3)c2)n1.CCOC(=O)CCN(Cc1cccc(CN2CCCC2)c1)c1nc(Cl)nc(N)c1[N+](=O)[O-].[3H][B].[B]=S. The first kappa shape index (κ1) is 67.0. The van der Waals surface area contributed by atoms with Gasteiger partial charge in [-0.15, -0.1) is 0 Å². The van der Waals surface area contributed by atoms with Gasteiger partial charge in [0.2, 0.25) is 34.5 Å². The molecule has 0 aliphatic carbocycles. The topological polar surface area (TPSA) is 293 Å². The fourth-order valence-electron chi connectivity index (χ4n) is 8.27. The van der Waals surface area contributed by atoms with Gasteiger partial charge >= 0.3 is 42.1 Å². The summed E-state index contributed by atoms with van der Waals surface area (Å²) in [6.45, 7) is 20.7. The van der Waals surface area contributed by atoms with Gasteiger partial charge in [-0.05, 0) is 120 Å². The van der Waals surface area contributed by atoms with E-state index in [4.69, 9.17) is 39.6 Å². The molecule has 0 bridgehead atoms. The molecule has 0 atom stereocenters. The van der Waals surface area contributed by atoms with Crippen LogP contribution in [0.5, 0.6) is 0 Å². The summed E-state index contributed by atoms with van der Waals surface area (Å²) in [7, 11) is 3.75. The van der Waals surface area contributed by atoms with E-state index in [1.54, 1.807) is 23.6 Å². The summed E-state index contributed by atoms with van der Waals surface area (Å²) >= 11 is 9.54. The summed E-state index contributed by atoms with van der Waals surface area (Å²) in [6.07, 6.45) is 9.19. The van der Waals surface area contributed by atoms with E-state index in [0.717, 1.165) is 75.3 Å². The van der Waals surface area contributed by atoms with E-state index in [9.17, 15) is 29.8 Å². The van der Waals surface area contributed by atoms with Gasteiger partial charge in [0.15, 0.2) is 0 Å². The molecule has 2 aromatic heterocycles. The van der Waals surface area contributed by atoms with Crippen molar-refractivity contribution < 1.29 is 28.9 Å². The van der Waals surface area contributed by atoms with Crippen molar-refractivity contribution in [3.63, 3.8) is 0 Å². The number of nitro groups is 2. The van der Waals surface area contributed by atoms with Crippen molar-refractivity contribution in [2.75, 3.05) is 92.2 Å². The van der Waals surface area contributed by atoms with Gasteiger partial charge in [-0.2, -0.15) is 19.9 Å². The van der Waals surface area contributed by atoms with E-state index in [0.29, 0.717) is 13.1 Å². The van der Waals surface area contributed by atoms with Crippen LogP contribution in [-0.2, 0) is 45.2 Å². The van der Waals surface area contributed by atoms with Gasteiger partial charge in [0, 0.05) is 54.2 Å². The van der Waals surface area contributed by atoms with Crippen LogP contribution in [0.4, 0.5) is 40.6 Å². The molecule has 77 heavy (non-hydrogen) atoms. The molecule has 0 saturated carbocycles. The molecule has 2 aliphatic rings. The van der Waals surface area contributed by atoms with Crippen LogP contribution < -0.4 is 32.3 Å². The maximum atomic E-state index is 12.1. The Morgan fingerprint density at radius 1 is 0.740 bits per heavy atom. The number of nitrogens with two attached hydrogens (primary N) is 3. The van der Waals surface area contributed by atoms with Crippen LogP contribution in [0, 0.1) is 20.2 Å². The van der Waals surface area contributed by atoms with Crippen LogP contribution in [-0.4, -0.2) is 134 Å². The monoisotopic (exact) mass is 1110 g/mol. The molecule has 2 aliphatic heterocycles. The van der Waals surface area contributed by atoms with Crippen LogP contribution >= 0.6 is 23.7 Å². The number of unbranched alkanes of at least 4 members (excludes halogenated alkanes) is 2. The third-order valence-electron chi connectivity index (χ3n) is 11.8. The summed E-state index contributed by atoms with van der Waals surface area (Å²) in [5.41, 5.74) is 20.3. The number of aromatic nitrogens is 4. The van der Waals surface area contributed by atoms with Crippen LogP contribution in [0.25, 0.3) is 0 Å². The van der Waals surface area contributed by atoms with E-state index < -0.39 is 21.5 Å². The molecular formula is C51H80B2ClN14O8S. The molecule has 421 valence electrons. The fraction of sp³-hybridized carbons (Fsp3) is 0.569. The Balaban J connectivity index is 0.000000673. The number of esters is 2. The van der Waals surface area contributed by atoms with Crippen molar-refractivity contribution in [3.8, 4) is 0 Å². The zero-order valence-corrected chi connectivity index (χ0v) is 46.1. The molecule has 2 aromatic carbocycles. The number of ether oxygens (including phenoxy) is 2. The van der Waals surface area contributed by atoms with Crippen LogP contribution in [0.1, 0.15) is 122 Å². The fourth-order valence-corrected chi connectivity index (χ4v) is 8.44. The van der Waals surface area contributed by atoms with Gasteiger partial charge in [-0.3, -0.25) is 39.6 Å². The molecule has 22 nitrogen and oxygen atoms in total. The third-order valence-corrected chi connectivity index (χ3v) is 12.0. The van der Waals surface area contributed by atoms with Crippen molar-refractivity contribution in [3.05, 3.63) is 96.3 Å². The maximum absolute atomic E-state index is 12.1. The molecule has 0 unspecified atom stereocenters. The standard InChI is InChI=1S/C25H37N7O4.C21H27ClN6O4.C4H11N.CH4.BS.BH/c1-3-5-12-27-25-28-23(26)22(32(34)35)24(29-25)31(15-11-21(33)36-4-2)18-20-10-8-9-19(16-20)17-30-13-6-7-14-30;1-2-32-17(29)8-11-27(20-18(28(30)31)19(23)24-21(22)25-20)14-16-7-5-6-15(12-16)13-26-9-3-4-10-26;1-2-3-4-5;;1-2;/h8-10,16H,3-7,11-15,17-18H2,1-2H3,(H3,26,27,28,29);5-7,12H,2-4,8-11,13-14H2,1H3,(H2,23,24,25);2-5H2,1H3;1H4;;1H/i;;;;;1T. The normalized spacial score (nSPS) is 12.7. The summed E-state index contributed by atoms with van der Waals surface area (Å²) in [5.74, 6) is -1.04. The number of carbonyl (C=O) groups is 2. The number of halogens is 1. The Hall–Kier alpha value is -6.14. The second-order valence-electron chi connectivity index (χ2n) is 17.7. The predicted molar refractivity (Wildman–Crippen MR) is 312 cm³/mol. The van der Waals surface area contributed by atoms with Crippen molar-refractivity contribution in [1.29, 1.82) is 1.34 Å². The second-order valence-corrected chi connectivity index (χ2v) is 18.0. The number of hydrogen-bond donors (Lipinski definition) is 4. The van der Waals surface area contributed by atoms with E-state index >= 15 is 0 Å². The summed E-state index contributed by atoms with van der Waals surface area (Å²) in [6, 6.07) is 16.2. The predicted octanol–water partition coefficient (Wildman–Crippen LogP) is 7.91. The molecule has 6 rings (SSSR count). The van der Waals surface area contributed by atoms with Crippen molar-refractivity contribution in [2.24, 2.45) is 5.73 Å². The van der Waals surface area contributed by atoms with E-state index in [-0.39, 0.29) is 99.3 Å². The number of nitrogen functional groups attached to an aromatic ring is 2. The minimum absolute atomic E-state index is 0. The van der Waals surface area contributed by atoms with Crippen LogP contribution in [0.2, 0.25) is 5.28 Å². The summed E-state index contributed by atoms with van der Waals surface area (Å²) < 4.78 is 15.3. The van der Waals surface area contributed by atoms with Gasteiger partial charge in [-0.1, -0.05) is 82.6 Å². The Morgan fingerprint density at radius 3 is 1.55 bits per heavy atom. The average Bonchev–Trinajstić information content (AvgIpc) is 4.14. The van der Waals surface area contributed by atoms with Crippen molar-refractivity contribution in [1.82, 2.24) is 29.7 Å². The first-order valence-electron chi connectivity index (χ1n) is 26.2. The summed E-state index contributed by atoms with van der Waals surface area (Å²) in [5, 5.41) is 26.5. The van der Waals surface area contributed by atoms with Crippen molar-refractivity contribution >= 4 is 91.3 Å². The van der Waals surface area contributed by atoms with Gasteiger partial charge in [0.05, 0.1) is 35.9 Å². The van der Waals surface area contributed by atoms with Crippen molar-refractivity contribution in [2.45, 2.75) is 126 Å². The average molecular weight is 1110 g/mol. The van der Waals surface area contributed by atoms with Crippen LogP contribution in [0.3, 0.4) is 0 Å². The van der Waals surface area contributed by atoms with Gasteiger partial charge in [0.25, 0.3) is 0 Å². The number of nitrogens with zero attached hydrogens (tertiary/aromatic N) is 10. The number of anilines is 5. The molecule has 0 amide bonds. The van der Waals surface area contributed by atoms with Gasteiger partial charge < -0.3 is 41.8 Å². The van der Waals surface area contributed by atoms with E-state index in [1.165, 1.54) is 44.1 Å². The third kappa shape index (κ3) is 24.4. The first-order valence-corrected chi connectivity index (χ1v) is 26.4. The molecule has 2 fully saturated rings. The number of likely N-dealkylation sites (tertiary alicyclic amines) is 2. The Labute approximate surface area is 469 Å². The Morgan fingerprint density at radius 2 is 1.16 bits per heavy atom. The molecule has 4 aromatic rings. The quantitative estimate of drug-likeness (QED) is 0.0116. The summed E-state index contributed by atoms with van der Waals surface area (Å²) in [4.78, 5) is 71.1. The first-order chi connectivity index (χ1) is 37.2. The van der Waals surface area contributed by atoms with Gasteiger partial charge in [-0.25, -0.2) is 0 Å². The van der Waals surface area contributed by atoms with E-state index in [2.05, 4.69) is 100 Å². The number of rotatable bonds is 26. The Kier molecular flexibility index (Phi) is 33.4. The molecule has 7 N–H and O–H groups in total. The van der Waals surface area contributed by atoms with Crippen LogP contribution in [0.15, 0.2) is 48.5 Å². The number of nitrogens with one attached hydrogen (secondary N) is 1. The molecule has 3 radical (unpaired) electrons. The molecule has 0 spiro atoms. The second kappa shape index (κ2) is 38.4. The minimum atomic E-state index is -0.637. The zero-order valence-electron chi connectivity index (χ0n) is 45.5. The Bertz CT molecular complexity index is 2420. The number of benzene rings is 2. The number of carbonyl (C=O) groups excluding carboxylic acids is 2. The van der Waals surface area contributed by atoms with E-state index in [1.807, 2.05) is 24.3 Å². The van der Waals surface area contributed by atoms with Gasteiger partial charge in [0.1, 0.15) is 0 Å².